The Bertz CT molecular complexity index is 554. The van der Waals surface area contributed by atoms with E-state index in [-0.39, 0.29) is 12.0 Å². The molecule has 0 fully saturated rings. The van der Waals surface area contributed by atoms with Crippen LogP contribution in [0.4, 0.5) is 0 Å². The van der Waals surface area contributed by atoms with Crippen LogP contribution in [-0.2, 0) is 0 Å². The summed E-state index contributed by atoms with van der Waals surface area (Å²) >= 11 is 0. The van der Waals surface area contributed by atoms with Gasteiger partial charge in [0.05, 0.1) is 12.2 Å². The maximum atomic E-state index is 10.7. The van der Waals surface area contributed by atoms with Gasteiger partial charge in [0.25, 0.3) is 0 Å². The van der Waals surface area contributed by atoms with Gasteiger partial charge in [0.1, 0.15) is 5.75 Å². The fourth-order valence-corrected chi connectivity index (χ4v) is 2.42. The summed E-state index contributed by atoms with van der Waals surface area (Å²) in [7, 11) is 0. The summed E-state index contributed by atoms with van der Waals surface area (Å²) in [4.78, 5) is 0. The minimum absolute atomic E-state index is 0.108. The zero-order chi connectivity index (χ0) is 15.2. The Morgan fingerprint density at radius 1 is 1.00 bits per heavy atom. The number of hydrogen-bond donors (Lipinski definition) is 2. The second kappa shape index (κ2) is 7.25. The lowest BCUT2D eigenvalue weighted by atomic mass is 9.89. The Morgan fingerprint density at radius 2 is 1.67 bits per heavy atom. The molecule has 0 aliphatic rings. The highest BCUT2D eigenvalue weighted by Gasteiger charge is 2.21. The third-order valence-electron chi connectivity index (χ3n) is 3.43. The first-order chi connectivity index (χ1) is 10.1. The smallest absolute Gasteiger partial charge is 0.120 e. The summed E-state index contributed by atoms with van der Waals surface area (Å²) in [6.45, 7) is 4.35. The monoisotopic (exact) mass is 285 g/mol. The van der Waals surface area contributed by atoms with Crippen LogP contribution in [0.2, 0.25) is 0 Å². The Hall–Kier alpha value is -1.84. The second-order valence-electron chi connectivity index (χ2n) is 5.44. The third-order valence-corrected chi connectivity index (χ3v) is 3.43. The summed E-state index contributed by atoms with van der Waals surface area (Å²) in [5.41, 5.74) is 7.74. The van der Waals surface area contributed by atoms with E-state index >= 15 is 0 Å². The van der Waals surface area contributed by atoms with Crippen molar-refractivity contribution in [2.24, 2.45) is 5.73 Å². The average molecular weight is 285 g/mol. The predicted molar refractivity (Wildman–Crippen MR) is 85.4 cm³/mol. The van der Waals surface area contributed by atoms with Crippen LogP contribution in [0, 0.1) is 0 Å². The van der Waals surface area contributed by atoms with Gasteiger partial charge in [0.2, 0.25) is 0 Å². The van der Waals surface area contributed by atoms with Crippen molar-refractivity contribution < 1.29 is 9.84 Å². The van der Waals surface area contributed by atoms with Crippen LogP contribution in [0.1, 0.15) is 37.0 Å². The van der Waals surface area contributed by atoms with Gasteiger partial charge in [-0.15, -0.1) is 0 Å². The molecule has 2 aromatic rings. The molecule has 0 spiro atoms. The Labute approximate surface area is 126 Å². The molecule has 2 rings (SSSR count). The van der Waals surface area contributed by atoms with E-state index in [2.05, 4.69) is 0 Å². The van der Waals surface area contributed by atoms with Crippen molar-refractivity contribution in [3.05, 3.63) is 65.7 Å². The first kappa shape index (κ1) is 15.5. The summed E-state index contributed by atoms with van der Waals surface area (Å²) in [5, 5.41) is 10.7. The fourth-order valence-electron chi connectivity index (χ4n) is 2.42. The highest BCUT2D eigenvalue weighted by molar-refractivity contribution is 5.33. The van der Waals surface area contributed by atoms with Crippen molar-refractivity contribution in [3.8, 4) is 5.75 Å². The average Bonchev–Trinajstić information content (AvgIpc) is 2.48. The van der Waals surface area contributed by atoms with Gasteiger partial charge >= 0.3 is 0 Å². The zero-order valence-corrected chi connectivity index (χ0v) is 12.6. The van der Waals surface area contributed by atoms with Gasteiger partial charge in [-0.25, -0.2) is 0 Å². The normalized spacial score (nSPS) is 14.0. The van der Waals surface area contributed by atoms with E-state index in [1.807, 2.05) is 68.4 Å². The van der Waals surface area contributed by atoms with Gasteiger partial charge in [-0.05, 0) is 37.1 Å². The SMILES string of the molecule is CC(C)Oc1cccc(C(O)C(CN)c2ccccc2)c1. The van der Waals surface area contributed by atoms with Gasteiger partial charge in [-0.1, -0.05) is 42.5 Å². The van der Waals surface area contributed by atoms with Crippen LogP contribution < -0.4 is 10.5 Å². The van der Waals surface area contributed by atoms with E-state index in [1.54, 1.807) is 0 Å². The number of aliphatic hydroxyl groups is 1. The maximum Gasteiger partial charge on any atom is 0.120 e. The first-order valence-electron chi connectivity index (χ1n) is 7.31. The Kier molecular flexibility index (Phi) is 5.37. The lowest BCUT2D eigenvalue weighted by molar-refractivity contribution is 0.146. The molecule has 0 radical (unpaired) electrons. The van der Waals surface area contributed by atoms with Crippen LogP contribution in [0.15, 0.2) is 54.6 Å². The van der Waals surface area contributed by atoms with Gasteiger partial charge < -0.3 is 15.6 Å². The topological polar surface area (TPSA) is 55.5 Å². The molecular formula is C18H23NO2. The largest absolute Gasteiger partial charge is 0.491 e. The van der Waals surface area contributed by atoms with Crippen LogP contribution >= 0.6 is 0 Å². The van der Waals surface area contributed by atoms with Gasteiger partial charge in [-0.2, -0.15) is 0 Å². The molecule has 0 amide bonds. The minimum Gasteiger partial charge on any atom is -0.491 e. The van der Waals surface area contributed by atoms with E-state index < -0.39 is 6.10 Å². The molecule has 0 saturated heterocycles. The Morgan fingerprint density at radius 3 is 2.29 bits per heavy atom. The van der Waals surface area contributed by atoms with E-state index in [0.717, 1.165) is 16.9 Å². The van der Waals surface area contributed by atoms with E-state index in [4.69, 9.17) is 10.5 Å². The molecule has 3 N–H and O–H groups in total. The van der Waals surface area contributed by atoms with Crippen LogP contribution in [-0.4, -0.2) is 17.8 Å². The molecule has 2 aromatic carbocycles. The first-order valence-corrected chi connectivity index (χ1v) is 7.31. The molecule has 2 atom stereocenters. The number of ether oxygens (including phenoxy) is 1. The summed E-state index contributed by atoms with van der Waals surface area (Å²) in [6.07, 6.45) is -0.537. The van der Waals surface area contributed by atoms with Gasteiger partial charge in [0, 0.05) is 12.5 Å². The van der Waals surface area contributed by atoms with E-state index in [0.29, 0.717) is 6.54 Å². The minimum atomic E-state index is -0.645. The molecule has 0 bridgehead atoms. The second-order valence-corrected chi connectivity index (χ2v) is 5.44. The van der Waals surface area contributed by atoms with Crippen molar-refractivity contribution in [2.75, 3.05) is 6.54 Å². The highest BCUT2D eigenvalue weighted by Crippen LogP contribution is 2.31. The summed E-state index contributed by atoms with van der Waals surface area (Å²) in [5.74, 6) is 0.644. The lowest BCUT2D eigenvalue weighted by Gasteiger charge is -2.23. The third kappa shape index (κ3) is 4.06. The molecule has 0 aromatic heterocycles. The van der Waals surface area contributed by atoms with Crippen LogP contribution in [0.5, 0.6) is 5.75 Å². The summed E-state index contributed by atoms with van der Waals surface area (Å²) in [6, 6.07) is 17.5. The van der Waals surface area contributed by atoms with Crippen molar-refractivity contribution in [2.45, 2.75) is 32.0 Å². The van der Waals surface area contributed by atoms with Crippen LogP contribution in [0.3, 0.4) is 0 Å². The number of benzene rings is 2. The zero-order valence-electron chi connectivity index (χ0n) is 12.6. The Balaban J connectivity index is 2.23. The maximum absolute atomic E-state index is 10.7. The quantitative estimate of drug-likeness (QED) is 0.856. The van der Waals surface area contributed by atoms with Crippen molar-refractivity contribution in [1.82, 2.24) is 0 Å². The number of rotatable bonds is 6. The molecule has 0 aliphatic carbocycles. The number of nitrogens with two attached hydrogens (primary N) is 1. The highest BCUT2D eigenvalue weighted by atomic mass is 16.5. The molecule has 21 heavy (non-hydrogen) atoms. The van der Waals surface area contributed by atoms with Crippen molar-refractivity contribution in [1.29, 1.82) is 0 Å². The predicted octanol–water partition coefficient (Wildman–Crippen LogP) is 3.25. The molecular weight excluding hydrogens is 262 g/mol. The number of aliphatic hydroxyl groups excluding tert-OH is 1. The van der Waals surface area contributed by atoms with Crippen LogP contribution in [0.25, 0.3) is 0 Å². The van der Waals surface area contributed by atoms with Gasteiger partial charge in [0.15, 0.2) is 0 Å². The van der Waals surface area contributed by atoms with Gasteiger partial charge in [-0.3, -0.25) is 0 Å². The standard InChI is InChI=1S/C18H23NO2/c1-13(2)21-16-10-6-9-15(11-16)18(20)17(12-19)14-7-4-3-5-8-14/h3-11,13,17-18,20H,12,19H2,1-2H3. The molecule has 3 nitrogen and oxygen atoms in total. The number of hydrogen-bond acceptors (Lipinski definition) is 3. The van der Waals surface area contributed by atoms with Crippen molar-refractivity contribution in [3.63, 3.8) is 0 Å². The molecule has 0 saturated carbocycles. The molecule has 112 valence electrons. The molecule has 0 heterocycles. The van der Waals surface area contributed by atoms with E-state index in [9.17, 15) is 5.11 Å². The lowest BCUT2D eigenvalue weighted by Crippen LogP contribution is -2.20. The summed E-state index contributed by atoms with van der Waals surface area (Å²) < 4.78 is 5.68. The fraction of sp³-hybridized carbons (Fsp3) is 0.333. The molecule has 0 aliphatic heterocycles. The van der Waals surface area contributed by atoms with Crippen molar-refractivity contribution >= 4 is 0 Å². The van der Waals surface area contributed by atoms with E-state index in [1.165, 1.54) is 0 Å². The molecule has 2 unspecified atom stereocenters. The molecule has 3 heteroatoms.